The van der Waals surface area contributed by atoms with E-state index >= 15 is 0 Å². The molecule has 0 saturated carbocycles. The zero-order chi connectivity index (χ0) is 19.7. The summed E-state index contributed by atoms with van der Waals surface area (Å²) in [6.07, 6.45) is 3.96. The Bertz CT molecular complexity index is 931. The van der Waals surface area contributed by atoms with Gasteiger partial charge in [0, 0.05) is 32.6 Å². The number of piperazine rings is 1. The first-order chi connectivity index (χ1) is 13.4. The molecule has 2 aromatic rings. The molecule has 0 unspecified atom stereocenters. The van der Waals surface area contributed by atoms with E-state index in [1.165, 1.54) is 11.1 Å². The predicted molar refractivity (Wildman–Crippen MR) is 105 cm³/mol. The summed E-state index contributed by atoms with van der Waals surface area (Å²) in [7, 11) is -3.43. The zero-order valence-corrected chi connectivity index (χ0v) is 17.4. The van der Waals surface area contributed by atoms with Gasteiger partial charge in [-0.25, -0.2) is 8.42 Å². The first-order valence-corrected chi connectivity index (χ1v) is 11.5. The van der Waals surface area contributed by atoms with Crippen LogP contribution in [0.15, 0.2) is 27.6 Å². The van der Waals surface area contributed by atoms with Gasteiger partial charge in [0.05, 0.1) is 11.4 Å². The van der Waals surface area contributed by atoms with E-state index in [2.05, 4.69) is 28.9 Å². The van der Waals surface area contributed by atoms with Crippen LogP contribution in [-0.2, 0) is 35.8 Å². The van der Waals surface area contributed by atoms with Crippen molar-refractivity contribution in [1.29, 1.82) is 0 Å². The number of benzene rings is 1. The summed E-state index contributed by atoms with van der Waals surface area (Å²) in [5.41, 5.74) is 2.48. The molecule has 0 amide bonds. The molecule has 1 fully saturated rings. The molecular weight excluding hydrogens is 376 g/mol. The van der Waals surface area contributed by atoms with Crippen molar-refractivity contribution in [2.45, 2.75) is 51.0 Å². The van der Waals surface area contributed by atoms with E-state index < -0.39 is 10.0 Å². The molecule has 8 heteroatoms. The summed E-state index contributed by atoms with van der Waals surface area (Å²) in [5, 5.41) is 4.03. The fraction of sp³-hybridized carbons (Fsp3) is 0.600. The van der Waals surface area contributed by atoms with Gasteiger partial charge < -0.3 is 4.52 Å². The van der Waals surface area contributed by atoms with Crippen LogP contribution in [0.25, 0.3) is 0 Å². The molecule has 1 aromatic carbocycles. The van der Waals surface area contributed by atoms with Crippen LogP contribution in [0, 0.1) is 5.92 Å². The maximum Gasteiger partial charge on any atom is 0.243 e. The first kappa shape index (κ1) is 19.5. The maximum absolute atomic E-state index is 13.0. The highest BCUT2D eigenvalue weighted by Gasteiger charge is 2.30. The molecule has 0 spiro atoms. The molecule has 0 N–H and O–H groups in total. The number of rotatable bonds is 6. The fourth-order valence-electron chi connectivity index (χ4n) is 3.98. The van der Waals surface area contributed by atoms with Gasteiger partial charge in [0.1, 0.15) is 0 Å². The van der Waals surface area contributed by atoms with Gasteiger partial charge in [0.15, 0.2) is 5.82 Å². The molecule has 1 aliphatic carbocycles. The van der Waals surface area contributed by atoms with Crippen molar-refractivity contribution in [1.82, 2.24) is 19.3 Å². The normalized spacial score (nSPS) is 18.7. The second-order valence-electron chi connectivity index (χ2n) is 8.17. The van der Waals surface area contributed by atoms with E-state index in [0.29, 0.717) is 49.4 Å². The number of sulfonamides is 1. The average molecular weight is 405 g/mol. The van der Waals surface area contributed by atoms with E-state index in [4.69, 9.17) is 4.52 Å². The van der Waals surface area contributed by atoms with Crippen molar-refractivity contribution in [3.05, 3.63) is 41.0 Å². The van der Waals surface area contributed by atoms with Crippen molar-refractivity contribution >= 4 is 10.0 Å². The summed E-state index contributed by atoms with van der Waals surface area (Å²) in [4.78, 5) is 7.04. The average Bonchev–Trinajstić information content (AvgIpc) is 3.30. The quantitative estimate of drug-likeness (QED) is 0.735. The van der Waals surface area contributed by atoms with E-state index in [1.54, 1.807) is 10.4 Å². The Morgan fingerprint density at radius 3 is 2.61 bits per heavy atom. The Kier molecular flexibility index (Phi) is 5.53. The Morgan fingerprint density at radius 1 is 1.11 bits per heavy atom. The molecule has 152 valence electrons. The Morgan fingerprint density at radius 2 is 1.86 bits per heavy atom. The van der Waals surface area contributed by atoms with Crippen molar-refractivity contribution in [3.63, 3.8) is 0 Å². The third-order valence-corrected chi connectivity index (χ3v) is 7.39. The van der Waals surface area contributed by atoms with Gasteiger partial charge in [-0.3, -0.25) is 4.90 Å². The van der Waals surface area contributed by atoms with Gasteiger partial charge in [-0.2, -0.15) is 9.29 Å². The molecule has 1 saturated heterocycles. The summed E-state index contributed by atoms with van der Waals surface area (Å²) in [6, 6.07) is 5.62. The van der Waals surface area contributed by atoms with Gasteiger partial charge in [-0.1, -0.05) is 25.1 Å². The smallest absolute Gasteiger partial charge is 0.243 e. The molecule has 0 atom stereocenters. The number of nitrogens with zero attached hydrogens (tertiary/aromatic N) is 4. The van der Waals surface area contributed by atoms with Crippen LogP contribution in [0.3, 0.4) is 0 Å². The molecule has 28 heavy (non-hydrogen) atoms. The third-order valence-electron chi connectivity index (χ3n) is 5.50. The Balaban J connectivity index is 1.36. The highest BCUT2D eigenvalue weighted by Crippen LogP contribution is 2.26. The molecule has 0 radical (unpaired) electrons. The van der Waals surface area contributed by atoms with Crippen molar-refractivity contribution in [2.24, 2.45) is 5.92 Å². The number of aromatic nitrogens is 2. The van der Waals surface area contributed by atoms with Crippen LogP contribution in [-0.4, -0.2) is 53.9 Å². The summed E-state index contributed by atoms with van der Waals surface area (Å²) in [5.74, 6) is 1.83. The third kappa shape index (κ3) is 4.14. The largest absolute Gasteiger partial charge is 0.338 e. The van der Waals surface area contributed by atoms with Crippen molar-refractivity contribution in [2.75, 3.05) is 26.2 Å². The summed E-state index contributed by atoms with van der Waals surface area (Å²) < 4.78 is 33.0. The number of hydrogen-bond acceptors (Lipinski definition) is 6. The number of hydrogen-bond donors (Lipinski definition) is 0. The first-order valence-electron chi connectivity index (χ1n) is 10.1. The molecule has 0 bridgehead atoms. The fourth-order valence-corrected chi connectivity index (χ4v) is 5.45. The molecular formula is C20H28N4O3S. The van der Waals surface area contributed by atoms with Crippen LogP contribution >= 0.6 is 0 Å². The molecule has 1 aromatic heterocycles. The van der Waals surface area contributed by atoms with E-state index in [1.807, 2.05) is 12.1 Å². The minimum Gasteiger partial charge on any atom is -0.338 e. The van der Waals surface area contributed by atoms with E-state index in [0.717, 1.165) is 31.5 Å². The van der Waals surface area contributed by atoms with Gasteiger partial charge >= 0.3 is 0 Å². The molecule has 7 nitrogen and oxygen atoms in total. The zero-order valence-electron chi connectivity index (χ0n) is 16.6. The molecule has 2 heterocycles. The molecule has 4 rings (SSSR count). The maximum atomic E-state index is 13.0. The summed E-state index contributed by atoms with van der Waals surface area (Å²) in [6.45, 7) is 7.09. The lowest BCUT2D eigenvalue weighted by Gasteiger charge is -2.33. The van der Waals surface area contributed by atoms with Gasteiger partial charge in [-0.05, 0) is 48.4 Å². The highest BCUT2D eigenvalue weighted by molar-refractivity contribution is 7.89. The lowest BCUT2D eigenvalue weighted by molar-refractivity contribution is 0.163. The Hall–Kier alpha value is -1.77. The van der Waals surface area contributed by atoms with E-state index in [9.17, 15) is 8.42 Å². The monoisotopic (exact) mass is 404 g/mol. The van der Waals surface area contributed by atoms with E-state index in [-0.39, 0.29) is 0 Å². The predicted octanol–water partition coefficient (Wildman–Crippen LogP) is 2.26. The standard InChI is InChI=1S/C20H28N4O3S/c1-15(2)12-19-21-20(27-22-19)14-23-8-10-24(11-9-23)28(25,26)18-7-6-16-4-3-5-17(16)13-18/h6-7,13,15H,3-5,8-12,14H2,1-2H3. The minimum absolute atomic E-state index is 0.428. The highest BCUT2D eigenvalue weighted by atomic mass is 32.2. The van der Waals surface area contributed by atoms with Gasteiger partial charge in [0.2, 0.25) is 15.9 Å². The number of aryl methyl sites for hydroxylation is 2. The number of fused-ring (bicyclic) bond motifs is 1. The van der Waals surface area contributed by atoms with Gasteiger partial charge in [-0.15, -0.1) is 0 Å². The van der Waals surface area contributed by atoms with Crippen LogP contribution in [0.4, 0.5) is 0 Å². The van der Waals surface area contributed by atoms with Crippen LogP contribution in [0.5, 0.6) is 0 Å². The lowest BCUT2D eigenvalue weighted by Crippen LogP contribution is -2.48. The SMILES string of the molecule is CC(C)Cc1noc(CN2CCN(S(=O)(=O)c3ccc4c(c3)CCC4)CC2)n1. The topological polar surface area (TPSA) is 79.5 Å². The Labute approximate surface area is 166 Å². The van der Waals surface area contributed by atoms with Crippen molar-refractivity contribution < 1.29 is 12.9 Å². The lowest BCUT2D eigenvalue weighted by atomic mass is 10.1. The van der Waals surface area contributed by atoms with Crippen LogP contribution in [0.1, 0.15) is 43.1 Å². The molecule has 2 aliphatic rings. The molecule has 1 aliphatic heterocycles. The van der Waals surface area contributed by atoms with Gasteiger partial charge in [0.25, 0.3) is 0 Å². The van der Waals surface area contributed by atoms with Crippen molar-refractivity contribution in [3.8, 4) is 0 Å². The minimum atomic E-state index is -3.43. The second kappa shape index (κ2) is 7.93. The second-order valence-corrected chi connectivity index (χ2v) is 10.1. The van der Waals surface area contributed by atoms with Crippen LogP contribution in [0.2, 0.25) is 0 Å². The van der Waals surface area contributed by atoms with Crippen LogP contribution < -0.4 is 0 Å². The summed E-state index contributed by atoms with van der Waals surface area (Å²) >= 11 is 0.